The molecule has 4 nitrogen and oxygen atoms in total. The van der Waals surface area contributed by atoms with Gasteiger partial charge in [0.2, 0.25) is 0 Å². The Bertz CT molecular complexity index is 352. The molecule has 0 amide bonds. The first-order chi connectivity index (χ1) is 7.07. The minimum absolute atomic E-state index is 0.171. The maximum Gasteiger partial charge on any atom is 0.145 e. The molecular weight excluding hydrogens is 197 g/mol. The summed E-state index contributed by atoms with van der Waals surface area (Å²) in [5.74, 6) is -0.0100. The fourth-order valence-electron chi connectivity index (χ4n) is 1.80. The van der Waals surface area contributed by atoms with Crippen molar-refractivity contribution in [1.82, 2.24) is 4.98 Å². The largest absolute Gasteiger partial charge is 0.490 e. The number of nitrogens with zero attached hydrogens (tertiary/aromatic N) is 1. The molecule has 0 bridgehead atoms. The summed E-state index contributed by atoms with van der Waals surface area (Å²) in [6.07, 6.45) is 4.08. The minimum Gasteiger partial charge on any atom is -0.490 e. The van der Waals surface area contributed by atoms with Crippen molar-refractivity contribution < 1.29 is 9.13 Å². The van der Waals surface area contributed by atoms with Crippen LogP contribution in [0.15, 0.2) is 18.5 Å². The fourth-order valence-corrected chi connectivity index (χ4v) is 1.80. The van der Waals surface area contributed by atoms with Crippen LogP contribution in [0.1, 0.15) is 12.8 Å². The molecule has 1 saturated carbocycles. The summed E-state index contributed by atoms with van der Waals surface area (Å²) in [4.78, 5) is 3.68. The topological polar surface area (TPSA) is 74.2 Å². The van der Waals surface area contributed by atoms with Crippen molar-refractivity contribution in [2.45, 2.75) is 24.4 Å². The molecule has 0 aromatic carbocycles. The van der Waals surface area contributed by atoms with Crippen LogP contribution in [0.5, 0.6) is 5.75 Å². The standard InChI is InChI=1S/C10H14FN3O/c11-7-1-9(5-14-4-7)15-6-10(13)2-8(12)3-10/h1,4-5,8H,2-3,6,12-13H2. The first kappa shape index (κ1) is 10.3. The molecule has 1 aliphatic carbocycles. The van der Waals surface area contributed by atoms with Crippen LogP contribution in [-0.4, -0.2) is 23.2 Å². The van der Waals surface area contributed by atoms with Crippen LogP contribution in [0.3, 0.4) is 0 Å². The number of rotatable bonds is 3. The molecule has 5 heteroatoms. The number of hydrogen-bond acceptors (Lipinski definition) is 4. The van der Waals surface area contributed by atoms with E-state index < -0.39 is 5.82 Å². The molecular formula is C10H14FN3O. The zero-order valence-corrected chi connectivity index (χ0v) is 8.32. The molecule has 0 aliphatic heterocycles. The third-order valence-electron chi connectivity index (χ3n) is 2.54. The van der Waals surface area contributed by atoms with E-state index in [1.807, 2.05) is 0 Å². The predicted molar refractivity (Wildman–Crippen MR) is 53.8 cm³/mol. The van der Waals surface area contributed by atoms with Crippen molar-refractivity contribution >= 4 is 0 Å². The molecule has 1 aromatic heterocycles. The average molecular weight is 211 g/mol. The van der Waals surface area contributed by atoms with Gasteiger partial charge in [-0.05, 0) is 12.8 Å². The quantitative estimate of drug-likeness (QED) is 0.759. The summed E-state index contributed by atoms with van der Waals surface area (Å²) in [5.41, 5.74) is 11.2. The van der Waals surface area contributed by atoms with Gasteiger partial charge in [-0.1, -0.05) is 0 Å². The average Bonchev–Trinajstić information content (AvgIpc) is 2.13. The van der Waals surface area contributed by atoms with Crippen LogP contribution in [0.25, 0.3) is 0 Å². The van der Waals surface area contributed by atoms with E-state index in [1.165, 1.54) is 12.3 Å². The first-order valence-electron chi connectivity index (χ1n) is 4.85. The van der Waals surface area contributed by atoms with Crippen molar-refractivity contribution in [2.24, 2.45) is 11.5 Å². The Balaban J connectivity index is 1.88. The Labute approximate surface area is 87.4 Å². The monoisotopic (exact) mass is 211 g/mol. The Morgan fingerprint density at radius 2 is 2.27 bits per heavy atom. The second kappa shape index (κ2) is 3.75. The molecule has 82 valence electrons. The second-order valence-corrected chi connectivity index (χ2v) is 4.16. The molecule has 0 saturated heterocycles. The molecule has 1 heterocycles. The molecule has 1 aromatic rings. The highest BCUT2D eigenvalue weighted by Gasteiger charge is 2.39. The maximum absolute atomic E-state index is 12.8. The van der Waals surface area contributed by atoms with E-state index in [1.54, 1.807) is 0 Å². The van der Waals surface area contributed by atoms with Crippen LogP contribution in [0, 0.1) is 5.82 Å². The molecule has 0 spiro atoms. The number of hydrogen-bond donors (Lipinski definition) is 2. The SMILES string of the molecule is NC1CC(N)(COc2cncc(F)c2)C1. The van der Waals surface area contributed by atoms with E-state index in [2.05, 4.69) is 4.98 Å². The van der Waals surface area contributed by atoms with Gasteiger partial charge in [-0.25, -0.2) is 4.39 Å². The van der Waals surface area contributed by atoms with Gasteiger partial charge < -0.3 is 16.2 Å². The Kier molecular flexibility index (Phi) is 2.58. The number of pyridine rings is 1. The normalized spacial score (nSPS) is 29.7. The second-order valence-electron chi connectivity index (χ2n) is 4.16. The van der Waals surface area contributed by atoms with E-state index in [9.17, 15) is 4.39 Å². The van der Waals surface area contributed by atoms with Gasteiger partial charge in [-0.3, -0.25) is 4.98 Å². The van der Waals surface area contributed by atoms with Gasteiger partial charge in [-0.15, -0.1) is 0 Å². The van der Waals surface area contributed by atoms with Crippen molar-refractivity contribution in [3.63, 3.8) is 0 Å². The minimum atomic E-state index is -0.413. The predicted octanol–water partition coefficient (Wildman–Crippen LogP) is 0.418. The van der Waals surface area contributed by atoms with Gasteiger partial charge in [0.25, 0.3) is 0 Å². The van der Waals surface area contributed by atoms with Gasteiger partial charge in [0, 0.05) is 12.1 Å². The van der Waals surface area contributed by atoms with E-state index in [0.29, 0.717) is 12.4 Å². The van der Waals surface area contributed by atoms with E-state index in [4.69, 9.17) is 16.2 Å². The summed E-state index contributed by atoms with van der Waals surface area (Å²) < 4.78 is 18.1. The van der Waals surface area contributed by atoms with Crippen LogP contribution in [0.2, 0.25) is 0 Å². The molecule has 15 heavy (non-hydrogen) atoms. The van der Waals surface area contributed by atoms with Gasteiger partial charge in [0.05, 0.1) is 17.9 Å². The maximum atomic E-state index is 12.8. The fraction of sp³-hybridized carbons (Fsp3) is 0.500. The van der Waals surface area contributed by atoms with Gasteiger partial charge in [-0.2, -0.15) is 0 Å². The molecule has 4 N–H and O–H groups in total. The summed E-state index contributed by atoms with van der Waals surface area (Å²) in [6.45, 7) is 0.353. The highest BCUT2D eigenvalue weighted by Crippen LogP contribution is 2.28. The Morgan fingerprint density at radius 3 is 2.87 bits per heavy atom. The van der Waals surface area contributed by atoms with Gasteiger partial charge in [0.1, 0.15) is 18.2 Å². The third-order valence-corrected chi connectivity index (χ3v) is 2.54. The summed E-state index contributed by atoms with van der Waals surface area (Å²) in [7, 11) is 0. The third kappa shape index (κ3) is 2.43. The summed E-state index contributed by atoms with van der Waals surface area (Å²) in [6, 6.07) is 1.46. The molecule has 0 atom stereocenters. The van der Waals surface area contributed by atoms with Crippen molar-refractivity contribution in [1.29, 1.82) is 0 Å². The number of nitrogens with two attached hydrogens (primary N) is 2. The number of ether oxygens (including phenoxy) is 1. The lowest BCUT2D eigenvalue weighted by molar-refractivity contribution is 0.122. The van der Waals surface area contributed by atoms with Crippen LogP contribution in [-0.2, 0) is 0 Å². The van der Waals surface area contributed by atoms with Crippen LogP contribution in [0.4, 0.5) is 4.39 Å². The van der Waals surface area contributed by atoms with E-state index in [-0.39, 0.29) is 11.6 Å². The smallest absolute Gasteiger partial charge is 0.145 e. The molecule has 2 rings (SSSR count). The van der Waals surface area contributed by atoms with Crippen LogP contribution >= 0.6 is 0 Å². The Morgan fingerprint density at radius 1 is 1.53 bits per heavy atom. The lowest BCUT2D eigenvalue weighted by atomic mass is 9.74. The van der Waals surface area contributed by atoms with E-state index >= 15 is 0 Å². The van der Waals surface area contributed by atoms with Gasteiger partial charge in [0.15, 0.2) is 0 Å². The van der Waals surface area contributed by atoms with E-state index in [0.717, 1.165) is 19.0 Å². The van der Waals surface area contributed by atoms with Gasteiger partial charge >= 0.3 is 0 Å². The highest BCUT2D eigenvalue weighted by atomic mass is 19.1. The number of aromatic nitrogens is 1. The highest BCUT2D eigenvalue weighted by molar-refractivity contribution is 5.17. The molecule has 0 radical (unpaired) electrons. The van der Waals surface area contributed by atoms with Crippen molar-refractivity contribution in [2.75, 3.05) is 6.61 Å². The molecule has 1 aliphatic rings. The summed E-state index contributed by atoms with van der Waals surface area (Å²) >= 11 is 0. The molecule has 0 unspecified atom stereocenters. The number of halogens is 1. The first-order valence-corrected chi connectivity index (χ1v) is 4.85. The molecule has 1 fully saturated rings. The van der Waals surface area contributed by atoms with Crippen LogP contribution < -0.4 is 16.2 Å². The lowest BCUT2D eigenvalue weighted by Crippen LogP contribution is -2.61. The van der Waals surface area contributed by atoms with Crippen molar-refractivity contribution in [3.05, 3.63) is 24.3 Å². The Hall–Kier alpha value is -1.20. The zero-order valence-electron chi connectivity index (χ0n) is 8.32. The zero-order chi connectivity index (χ0) is 10.9. The summed E-state index contributed by atoms with van der Waals surface area (Å²) in [5, 5.41) is 0. The lowest BCUT2D eigenvalue weighted by Gasteiger charge is -2.42. The van der Waals surface area contributed by atoms with Crippen molar-refractivity contribution in [3.8, 4) is 5.75 Å².